The first-order valence-electron chi connectivity index (χ1n) is 9.41. The van der Waals surface area contributed by atoms with Gasteiger partial charge in [0.2, 0.25) is 0 Å². The minimum Gasteiger partial charge on any atom is -0.507 e. The highest BCUT2D eigenvalue weighted by molar-refractivity contribution is 6.35. The van der Waals surface area contributed by atoms with Crippen molar-refractivity contribution in [3.05, 3.63) is 101 Å². The van der Waals surface area contributed by atoms with E-state index < -0.39 is 17.2 Å². The van der Waals surface area contributed by atoms with Crippen molar-refractivity contribution in [1.82, 2.24) is 9.55 Å². The molecule has 30 heavy (non-hydrogen) atoms. The molecule has 2 aromatic carbocycles. The van der Waals surface area contributed by atoms with Crippen molar-refractivity contribution in [2.75, 3.05) is 0 Å². The first-order chi connectivity index (χ1) is 14.4. The molecule has 0 saturated heterocycles. The molecule has 1 atom stereocenters. The van der Waals surface area contributed by atoms with Crippen LogP contribution in [0.25, 0.3) is 5.76 Å². The van der Waals surface area contributed by atoms with E-state index in [1.165, 1.54) is 4.57 Å². The lowest BCUT2D eigenvalue weighted by atomic mass is 9.81. The molecular formula is C22H16Cl2N3O3+. The molecule has 2 aliphatic rings. The SMILES string of the molecule is CCn1c2c(c(=O)[nH]c1=O)C(c1ccc(Cl)cc1Cl)C1=C(O)c3ccccc3C1=[NH+]2. The zero-order valence-electron chi connectivity index (χ0n) is 15.8. The number of halogens is 2. The summed E-state index contributed by atoms with van der Waals surface area (Å²) < 4.78 is 1.47. The number of benzene rings is 2. The lowest BCUT2D eigenvalue weighted by molar-refractivity contribution is -0.364. The Morgan fingerprint density at radius 3 is 2.57 bits per heavy atom. The number of hydrogen-bond donors (Lipinski definition) is 3. The van der Waals surface area contributed by atoms with E-state index in [1.807, 2.05) is 31.2 Å². The van der Waals surface area contributed by atoms with E-state index in [9.17, 15) is 14.7 Å². The lowest BCUT2D eigenvalue weighted by Gasteiger charge is -2.24. The third kappa shape index (κ3) is 2.54. The standard InChI is InChI=1S/C22H15Cl2N3O3/c1-2-27-20-17(21(29)26-22(27)30)15(13-8-7-10(23)9-14(13)24)16-18(25-20)11-5-3-4-6-12(11)19(16)28/h3-9,15,28H,2H2,1H3,(H,26,29,30)/p+1. The van der Waals surface area contributed by atoms with Gasteiger partial charge in [0, 0.05) is 21.2 Å². The molecule has 0 radical (unpaired) electrons. The molecule has 1 aliphatic carbocycles. The molecule has 3 N–H and O–H groups in total. The van der Waals surface area contributed by atoms with Gasteiger partial charge in [-0.3, -0.25) is 9.78 Å². The molecule has 0 fully saturated rings. The van der Waals surface area contributed by atoms with Crippen molar-refractivity contribution in [2.24, 2.45) is 0 Å². The topological polar surface area (TPSA) is 89.1 Å². The fourth-order valence-corrected chi connectivity index (χ4v) is 4.85. The van der Waals surface area contributed by atoms with Crippen LogP contribution in [0.5, 0.6) is 0 Å². The van der Waals surface area contributed by atoms with Gasteiger partial charge in [-0.2, -0.15) is 4.57 Å². The second-order valence-corrected chi connectivity index (χ2v) is 8.02. The van der Waals surface area contributed by atoms with E-state index in [0.29, 0.717) is 50.4 Å². The van der Waals surface area contributed by atoms with Gasteiger partial charge in [-0.15, -0.1) is 0 Å². The second-order valence-electron chi connectivity index (χ2n) is 7.17. The van der Waals surface area contributed by atoms with E-state index in [4.69, 9.17) is 23.2 Å². The number of rotatable bonds is 2. The molecule has 0 bridgehead atoms. The second kappa shape index (κ2) is 6.72. The van der Waals surface area contributed by atoms with Crippen LogP contribution in [-0.4, -0.2) is 20.4 Å². The number of aromatic nitrogens is 2. The lowest BCUT2D eigenvalue weighted by Crippen LogP contribution is -2.72. The molecule has 1 unspecified atom stereocenters. The Morgan fingerprint density at radius 2 is 1.87 bits per heavy atom. The summed E-state index contributed by atoms with van der Waals surface area (Å²) in [7, 11) is 0. The van der Waals surface area contributed by atoms with E-state index in [2.05, 4.69) is 9.98 Å². The predicted octanol–water partition coefficient (Wildman–Crippen LogP) is 2.49. The van der Waals surface area contributed by atoms with Gasteiger partial charge in [-0.25, -0.2) is 9.79 Å². The first kappa shape index (κ1) is 18.9. The summed E-state index contributed by atoms with van der Waals surface area (Å²) in [6.07, 6.45) is 0. The summed E-state index contributed by atoms with van der Waals surface area (Å²) in [6, 6.07) is 12.4. The van der Waals surface area contributed by atoms with Crippen molar-refractivity contribution in [1.29, 1.82) is 0 Å². The largest absolute Gasteiger partial charge is 0.507 e. The minimum atomic E-state index is -0.685. The summed E-state index contributed by atoms with van der Waals surface area (Å²) in [5.74, 6) is -0.218. The number of H-pyrrole nitrogens is 1. The Bertz CT molecular complexity index is 1420. The highest BCUT2D eigenvalue weighted by Crippen LogP contribution is 2.45. The maximum absolute atomic E-state index is 13.0. The average Bonchev–Trinajstić information content (AvgIpc) is 3.00. The highest BCUT2D eigenvalue weighted by atomic mass is 35.5. The van der Waals surface area contributed by atoms with Gasteiger partial charge in [-0.05, 0) is 30.7 Å². The highest BCUT2D eigenvalue weighted by Gasteiger charge is 2.44. The Balaban J connectivity index is 1.94. The molecule has 3 aromatic rings. The Kier molecular flexibility index (Phi) is 4.24. The van der Waals surface area contributed by atoms with Gasteiger partial charge in [0.05, 0.1) is 18.0 Å². The third-order valence-electron chi connectivity index (χ3n) is 5.62. The summed E-state index contributed by atoms with van der Waals surface area (Å²) in [5.41, 5.74) is 2.54. The maximum Gasteiger partial charge on any atom is 0.415 e. The van der Waals surface area contributed by atoms with Crippen LogP contribution in [0.3, 0.4) is 0 Å². The minimum absolute atomic E-state index is 0.0726. The van der Waals surface area contributed by atoms with Crippen molar-refractivity contribution in [2.45, 2.75) is 19.4 Å². The number of nitrogens with zero attached hydrogens (tertiary/aromatic N) is 1. The summed E-state index contributed by atoms with van der Waals surface area (Å²) in [5, 5.41) is 11.9. The number of aliphatic hydroxyl groups is 1. The van der Waals surface area contributed by atoms with E-state index in [1.54, 1.807) is 18.2 Å². The van der Waals surface area contributed by atoms with Crippen LogP contribution < -0.4 is 16.2 Å². The predicted molar refractivity (Wildman–Crippen MR) is 116 cm³/mol. The molecular weight excluding hydrogens is 425 g/mol. The number of nitrogens with one attached hydrogen (secondary N) is 2. The normalized spacial score (nSPS) is 16.8. The first-order valence-corrected chi connectivity index (χ1v) is 10.2. The molecule has 0 spiro atoms. The summed E-state index contributed by atoms with van der Waals surface area (Å²) in [4.78, 5) is 31.1. The summed E-state index contributed by atoms with van der Waals surface area (Å²) in [6.45, 7) is 2.17. The zero-order valence-corrected chi connectivity index (χ0v) is 17.3. The van der Waals surface area contributed by atoms with Crippen LogP contribution in [0, 0.1) is 0 Å². The van der Waals surface area contributed by atoms with Crippen LogP contribution in [0.4, 0.5) is 5.82 Å². The van der Waals surface area contributed by atoms with Crippen molar-refractivity contribution >= 4 is 40.5 Å². The number of hydrogen-bond acceptors (Lipinski definition) is 3. The average molecular weight is 441 g/mol. The van der Waals surface area contributed by atoms with Gasteiger partial charge in [-0.1, -0.05) is 47.5 Å². The fraction of sp³-hybridized carbons (Fsp3) is 0.136. The maximum atomic E-state index is 13.0. The monoisotopic (exact) mass is 440 g/mol. The molecule has 150 valence electrons. The molecule has 2 heterocycles. The van der Waals surface area contributed by atoms with Crippen LogP contribution in [-0.2, 0) is 6.54 Å². The van der Waals surface area contributed by atoms with Gasteiger partial charge in [0.1, 0.15) is 17.0 Å². The van der Waals surface area contributed by atoms with Gasteiger partial charge in [0.15, 0.2) is 0 Å². The van der Waals surface area contributed by atoms with Gasteiger partial charge in [0.25, 0.3) is 11.4 Å². The Hall–Kier alpha value is -3.09. The van der Waals surface area contributed by atoms with E-state index in [0.717, 1.165) is 5.56 Å². The Morgan fingerprint density at radius 1 is 1.13 bits per heavy atom. The third-order valence-corrected chi connectivity index (χ3v) is 6.18. The smallest absolute Gasteiger partial charge is 0.415 e. The van der Waals surface area contributed by atoms with Crippen LogP contribution >= 0.6 is 23.2 Å². The molecule has 1 aliphatic heterocycles. The number of allylic oxidation sites excluding steroid dienone is 1. The van der Waals surface area contributed by atoms with Crippen LogP contribution in [0.1, 0.15) is 35.1 Å². The zero-order chi connectivity index (χ0) is 21.2. The van der Waals surface area contributed by atoms with Crippen molar-refractivity contribution in [3.8, 4) is 0 Å². The van der Waals surface area contributed by atoms with Crippen LogP contribution in [0.2, 0.25) is 10.0 Å². The molecule has 5 rings (SSSR count). The molecule has 0 amide bonds. The molecule has 1 aromatic heterocycles. The van der Waals surface area contributed by atoms with E-state index in [-0.39, 0.29) is 5.76 Å². The van der Waals surface area contributed by atoms with E-state index >= 15 is 0 Å². The fourth-order valence-electron chi connectivity index (χ4n) is 4.33. The van der Waals surface area contributed by atoms with Crippen molar-refractivity contribution < 1.29 is 10.1 Å². The van der Waals surface area contributed by atoms with Gasteiger partial charge >= 0.3 is 5.69 Å². The van der Waals surface area contributed by atoms with Gasteiger partial charge < -0.3 is 5.11 Å². The number of aromatic amines is 1. The molecule has 0 saturated carbocycles. The molecule has 8 heteroatoms. The number of fused-ring (bicyclic) bond motifs is 4. The Labute approximate surface area is 180 Å². The van der Waals surface area contributed by atoms with Crippen molar-refractivity contribution in [3.63, 3.8) is 0 Å². The quantitative estimate of drug-likeness (QED) is 0.571. The van der Waals surface area contributed by atoms with Crippen LogP contribution in [0.15, 0.2) is 57.6 Å². The number of aliphatic hydroxyl groups excluding tert-OH is 1. The summed E-state index contributed by atoms with van der Waals surface area (Å²) >= 11 is 12.6. The molecule has 6 nitrogen and oxygen atoms in total.